The number of hydrogen-bond donors (Lipinski definition) is 2. The van der Waals surface area contributed by atoms with Crippen LogP contribution in [0.25, 0.3) is 0 Å². The van der Waals surface area contributed by atoms with Gasteiger partial charge >= 0.3 is 12.0 Å². The molecule has 118 valence electrons. The van der Waals surface area contributed by atoms with Crippen LogP contribution < -0.4 is 5.32 Å². The summed E-state index contributed by atoms with van der Waals surface area (Å²) in [7, 11) is 3.01. The van der Waals surface area contributed by atoms with Gasteiger partial charge in [0.25, 0.3) is 0 Å². The zero-order valence-corrected chi connectivity index (χ0v) is 12.7. The number of carbonyl (C=O) groups is 2. The molecule has 0 radical (unpaired) electrons. The van der Waals surface area contributed by atoms with Gasteiger partial charge in [0, 0.05) is 33.9 Å². The monoisotopic (exact) mass is 290 g/mol. The number of rotatable bonds is 10. The molecule has 7 heteroatoms. The van der Waals surface area contributed by atoms with Crippen molar-refractivity contribution in [2.24, 2.45) is 5.92 Å². The predicted octanol–water partition coefficient (Wildman–Crippen LogP) is 0.790. The summed E-state index contributed by atoms with van der Waals surface area (Å²) >= 11 is 0. The van der Waals surface area contributed by atoms with Gasteiger partial charge in [-0.05, 0) is 5.92 Å². The Morgan fingerprint density at radius 1 is 1.30 bits per heavy atom. The molecule has 7 nitrogen and oxygen atoms in total. The van der Waals surface area contributed by atoms with Gasteiger partial charge in [-0.1, -0.05) is 13.8 Å². The average molecular weight is 290 g/mol. The molecule has 0 aromatic heterocycles. The van der Waals surface area contributed by atoms with E-state index in [1.165, 1.54) is 7.11 Å². The maximum absolute atomic E-state index is 12.0. The highest BCUT2D eigenvalue weighted by Crippen LogP contribution is 2.01. The maximum Gasteiger partial charge on any atom is 0.317 e. The number of carboxylic acids is 1. The lowest BCUT2D eigenvalue weighted by Crippen LogP contribution is -2.46. The number of nitrogens with zero attached hydrogens (tertiary/aromatic N) is 1. The van der Waals surface area contributed by atoms with Crippen LogP contribution in [-0.4, -0.2) is 68.6 Å². The van der Waals surface area contributed by atoms with Crippen LogP contribution in [-0.2, 0) is 14.3 Å². The molecule has 0 rings (SSSR count). The second-order valence-corrected chi connectivity index (χ2v) is 4.97. The minimum absolute atomic E-state index is 0.140. The molecule has 2 N–H and O–H groups in total. The number of nitrogens with one attached hydrogen (secondary N) is 1. The predicted molar refractivity (Wildman–Crippen MR) is 74.7 cm³/mol. The molecule has 0 spiro atoms. The van der Waals surface area contributed by atoms with E-state index in [0.717, 1.165) is 0 Å². The van der Waals surface area contributed by atoms with Gasteiger partial charge in [0.1, 0.15) is 0 Å². The van der Waals surface area contributed by atoms with E-state index in [-0.39, 0.29) is 19.0 Å². The molecule has 0 aromatic carbocycles. The van der Waals surface area contributed by atoms with E-state index in [0.29, 0.717) is 25.6 Å². The first-order chi connectivity index (χ1) is 9.40. The average Bonchev–Trinajstić information content (AvgIpc) is 2.38. The third-order valence-corrected chi connectivity index (χ3v) is 2.65. The van der Waals surface area contributed by atoms with Gasteiger partial charge in [-0.3, -0.25) is 4.79 Å². The highest BCUT2D eigenvalue weighted by Gasteiger charge is 2.17. The van der Waals surface area contributed by atoms with E-state index < -0.39 is 12.1 Å². The van der Waals surface area contributed by atoms with Crippen LogP contribution in [0.4, 0.5) is 4.79 Å². The number of methoxy groups -OCH3 is 2. The van der Waals surface area contributed by atoms with Gasteiger partial charge in [-0.2, -0.15) is 0 Å². The first-order valence-electron chi connectivity index (χ1n) is 6.67. The highest BCUT2D eigenvalue weighted by atomic mass is 16.5. The summed E-state index contributed by atoms with van der Waals surface area (Å²) in [5.74, 6) is -0.612. The lowest BCUT2D eigenvalue weighted by Gasteiger charge is -2.25. The fraction of sp³-hybridized carbons (Fsp3) is 0.846. The van der Waals surface area contributed by atoms with Gasteiger partial charge in [0.2, 0.25) is 0 Å². The summed E-state index contributed by atoms with van der Waals surface area (Å²) in [6.07, 6.45) is -0.668. The summed E-state index contributed by atoms with van der Waals surface area (Å²) in [4.78, 5) is 24.3. The van der Waals surface area contributed by atoms with Crippen LogP contribution in [0.5, 0.6) is 0 Å². The van der Waals surface area contributed by atoms with Gasteiger partial charge < -0.3 is 24.8 Å². The summed E-state index contributed by atoms with van der Waals surface area (Å²) in [6, 6.07) is -0.233. The number of ether oxygens (including phenoxy) is 2. The van der Waals surface area contributed by atoms with Crippen molar-refractivity contribution in [3.8, 4) is 0 Å². The lowest BCUT2D eigenvalue weighted by atomic mass is 10.2. The van der Waals surface area contributed by atoms with Crippen molar-refractivity contribution in [2.75, 3.05) is 40.5 Å². The molecule has 0 aliphatic carbocycles. The summed E-state index contributed by atoms with van der Waals surface area (Å²) in [6.45, 7) is 5.79. The Labute approximate surface area is 120 Å². The summed E-state index contributed by atoms with van der Waals surface area (Å²) in [5, 5.41) is 11.4. The largest absolute Gasteiger partial charge is 0.481 e. The van der Waals surface area contributed by atoms with E-state index in [2.05, 4.69) is 5.32 Å². The smallest absolute Gasteiger partial charge is 0.317 e. The SMILES string of the molecule is COCCN(CC(C)C)C(=O)NCC(CC(=O)O)OC. The van der Waals surface area contributed by atoms with Crippen LogP contribution in [0.3, 0.4) is 0 Å². The van der Waals surface area contributed by atoms with Crippen LogP contribution >= 0.6 is 0 Å². The fourth-order valence-electron chi connectivity index (χ4n) is 1.66. The molecule has 0 aromatic rings. The van der Waals surface area contributed by atoms with E-state index in [9.17, 15) is 9.59 Å². The zero-order chi connectivity index (χ0) is 15.5. The quantitative estimate of drug-likeness (QED) is 0.621. The minimum atomic E-state index is -0.954. The van der Waals surface area contributed by atoms with Crippen LogP contribution in [0.2, 0.25) is 0 Å². The van der Waals surface area contributed by atoms with Crippen molar-refractivity contribution in [1.29, 1.82) is 0 Å². The molecule has 0 aliphatic rings. The summed E-state index contributed by atoms with van der Waals surface area (Å²) in [5.41, 5.74) is 0. The standard InChI is InChI=1S/C13H26N2O5/c1-10(2)9-15(5-6-19-3)13(18)14-8-11(20-4)7-12(16)17/h10-11H,5-9H2,1-4H3,(H,14,18)(H,16,17). The number of amides is 2. The fourth-order valence-corrected chi connectivity index (χ4v) is 1.66. The minimum Gasteiger partial charge on any atom is -0.481 e. The molecule has 2 amide bonds. The third-order valence-electron chi connectivity index (χ3n) is 2.65. The maximum atomic E-state index is 12.0. The first kappa shape index (κ1) is 18.7. The Hall–Kier alpha value is -1.34. The Morgan fingerprint density at radius 3 is 2.40 bits per heavy atom. The number of urea groups is 1. The molecule has 0 aliphatic heterocycles. The molecule has 0 bridgehead atoms. The van der Waals surface area contributed by atoms with Crippen LogP contribution in [0, 0.1) is 5.92 Å². The lowest BCUT2D eigenvalue weighted by molar-refractivity contribution is -0.139. The molecule has 0 heterocycles. The number of carboxylic acid groups (broad SMARTS) is 1. The number of carbonyl (C=O) groups excluding carboxylic acids is 1. The number of aliphatic carboxylic acids is 1. The topological polar surface area (TPSA) is 88.1 Å². The van der Waals surface area contributed by atoms with E-state index in [1.807, 2.05) is 13.8 Å². The Bertz CT molecular complexity index is 296. The first-order valence-corrected chi connectivity index (χ1v) is 6.67. The third kappa shape index (κ3) is 8.71. The Balaban J connectivity index is 4.31. The zero-order valence-electron chi connectivity index (χ0n) is 12.7. The van der Waals surface area contributed by atoms with E-state index in [1.54, 1.807) is 12.0 Å². The highest BCUT2D eigenvalue weighted by molar-refractivity contribution is 5.74. The second-order valence-electron chi connectivity index (χ2n) is 4.97. The second kappa shape index (κ2) is 10.4. The normalized spacial score (nSPS) is 12.2. The molecular weight excluding hydrogens is 264 g/mol. The van der Waals surface area contributed by atoms with Crippen molar-refractivity contribution >= 4 is 12.0 Å². The van der Waals surface area contributed by atoms with Gasteiger partial charge in [0.15, 0.2) is 0 Å². The van der Waals surface area contributed by atoms with Crippen molar-refractivity contribution in [1.82, 2.24) is 10.2 Å². The Kier molecular flexibility index (Phi) is 9.75. The molecular formula is C13H26N2O5. The van der Waals surface area contributed by atoms with Gasteiger partial charge in [0.05, 0.1) is 19.1 Å². The van der Waals surface area contributed by atoms with Crippen LogP contribution in [0.1, 0.15) is 20.3 Å². The molecule has 0 saturated heterocycles. The van der Waals surface area contributed by atoms with Crippen molar-refractivity contribution in [3.05, 3.63) is 0 Å². The molecule has 20 heavy (non-hydrogen) atoms. The van der Waals surface area contributed by atoms with Gasteiger partial charge in [-0.15, -0.1) is 0 Å². The number of hydrogen-bond acceptors (Lipinski definition) is 4. The molecule has 1 atom stereocenters. The van der Waals surface area contributed by atoms with Crippen LogP contribution in [0.15, 0.2) is 0 Å². The molecule has 1 unspecified atom stereocenters. The van der Waals surface area contributed by atoms with Crippen molar-refractivity contribution in [3.63, 3.8) is 0 Å². The van der Waals surface area contributed by atoms with E-state index in [4.69, 9.17) is 14.6 Å². The molecule has 0 fully saturated rings. The molecule has 0 saturated carbocycles. The van der Waals surface area contributed by atoms with Crippen molar-refractivity contribution < 1.29 is 24.2 Å². The van der Waals surface area contributed by atoms with E-state index >= 15 is 0 Å². The van der Waals surface area contributed by atoms with Crippen molar-refractivity contribution in [2.45, 2.75) is 26.4 Å². The Morgan fingerprint density at radius 2 is 1.95 bits per heavy atom. The van der Waals surface area contributed by atoms with Gasteiger partial charge in [-0.25, -0.2) is 4.79 Å². The summed E-state index contributed by atoms with van der Waals surface area (Å²) < 4.78 is 9.99.